The predicted octanol–water partition coefficient (Wildman–Crippen LogP) is 16.5. The van der Waals surface area contributed by atoms with Crippen LogP contribution in [0.5, 0.6) is 0 Å². The molecule has 2 aromatic rings. The van der Waals surface area contributed by atoms with E-state index in [1.54, 1.807) is 4.70 Å². The molecule has 0 radical (unpaired) electrons. The predicted molar refractivity (Wildman–Crippen MR) is 223 cm³/mol. The molecule has 0 fully saturated rings. The Morgan fingerprint density at radius 3 is 1.25 bits per heavy atom. The van der Waals surface area contributed by atoms with Crippen molar-refractivity contribution in [3.63, 3.8) is 0 Å². The molecule has 1 heterocycles. The molecule has 0 saturated carbocycles. The fraction of sp³-hybridized carbons (Fsp3) is 0.667. The van der Waals surface area contributed by atoms with Crippen LogP contribution in [0.1, 0.15) is 205 Å². The quantitative estimate of drug-likeness (QED) is 0.0471. The van der Waals surface area contributed by atoms with Gasteiger partial charge in [0, 0.05) is 22.3 Å². The first-order chi connectivity index (χ1) is 25.1. The second-order valence-corrected chi connectivity index (χ2v) is 16.3. The molecule has 51 heavy (non-hydrogen) atoms. The van der Waals surface area contributed by atoms with Gasteiger partial charge in [-0.25, -0.2) is 4.70 Å². The van der Waals surface area contributed by atoms with E-state index in [-0.39, 0.29) is 0 Å². The van der Waals surface area contributed by atoms with Gasteiger partial charge in [-0.05, 0) is 86.8 Å². The Balaban J connectivity index is 0.000000588. The second kappa shape index (κ2) is 29.5. The molecular formula is C48H78N2Ni. The van der Waals surface area contributed by atoms with Gasteiger partial charge in [0.15, 0.2) is 0 Å². The van der Waals surface area contributed by atoms with E-state index in [4.69, 9.17) is 0 Å². The van der Waals surface area contributed by atoms with Gasteiger partial charge in [0.2, 0.25) is 11.4 Å². The fourth-order valence-electron chi connectivity index (χ4n) is 7.00. The van der Waals surface area contributed by atoms with E-state index >= 15 is 0 Å². The Kier molecular flexibility index (Phi) is 26.1. The number of benzene rings is 2. The van der Waals surface area contributed by atoms with Crippen LogP contribution in [0.2, 0.25) is 10.8 Å². The van der Waals surface area contributed by atoms with Gasteiger partial charge in [0.05, 0.1) is 0 Å². The Morgan fingerprint density at radius 1 is 0.431 bits per heavy atom. The molecule has 0 aliphatic carbocycles. The van der Waals surface area contributed by atoms with E-state index in [0.29, 0.717) is 0 Å². The summed E-state index contributed by atoms with van der Waals surface area (Å²) in [5.41, 5.74) is 21.8. The zero-order chi connectivity index (χ0) is 36.9. The van der Waals surface area contributed by atoms with Crippen molar-refractivity contribution in [1.29, 1.82) is 0 Å². The van der Waals surface area contributed by atoms with E-state index in [1.165, 1.54) is 149 Å². The van der Waals surface area contributed by atoms with Crippen molar-refractivity contribution < 1.29 is 19.1 Å². The summed E-state index contributed by atoms with van der Waals surface area (Å²) in [5, 5.41) is 2.83. The first-order valence-corrected chi connectivity index (χ1v) is 23.0. The minimum atomic E-state index is 1.02. The Labute approximate surface area is 323 Å². The third-order valence-electron chi connectivity index (χ3n) is 10.1. The molecule has 0 saturated heterocycles. The molecule has 0 N–H and O–H groups in total. The van der Waals surface area contributed by atoms with E-state index in [9.17, 15) is 5.53 Å². The van der Waals surface area contributed by atoms with Gasteiger partial charge in [0.1, 0.15) is 0 Å². The molecule has 290 valence electrons. The summed E-state index contributed by atoms with van der Waals surface area (Å²) in [6.45, 7) is 13.6. The van der Waals surface area contributed by atoms with Gasteiger partial charge in [-0.3, -0.25) is 0 Å². The molecule has 0 aromatic heterocycles. The Morgan fingerprint density at radius 2 is 0.804 bits per heavy atom. The molecule has 1 aliphatic heterocycles. The van der Waals surface area contributed by atoms with Crippen LogP contribution in [0.25, 0.3) is 16.9 Å². The zero-order valence-corrected chi connectivity index (χ0v) is 35.2. The minimum absolute atomic E-state index is 1.02. The summed E-state index contributed by atoms with van der Waals surface area (Å²) in [6.07, 6.45) is 30.4. The van der Waals surface area contributed by atoms with Crippen molar-refractivity contribution >= 4 is 11.4 Å². The standard InChI is InChI=1S/C36H52N2.2C6H13.Ni/c1-5-9-13-15-20-30-22-18-24-32(28-30)35-33(25-12-8-4)34(26-16-14-10-6-2)36(38(35)37)31-23-17-21-29(27-31)19-11-7-3;2*1-3-5-6-4-2;/h17-18,21-24,27-28H,5-16,19-20,25-26H2,1-4H3;2*1,3-6H2,2H3;. The third-order valence-corrected chi connectivity index (χ3v) is 11.5. The topological polar surface area (TPSA) is 25.3 Å². The number of unbranched alkanes of at least 4 members (excludes halogenated alkanes) is 14. The van der Waals surface area contributed by atoms with Gasteiger partial charge in [0.25, 0.3) is 0 Å². The van der Waals surface area contributed by atoms with Gasteiger partial charge < -0.3 is 5.53 Å². The number of rotatable bonds is 28. The first kappa shape index (κ1) is 45.2. The SMILES string of the molecule is CCCCCCC1=C(c2cccc(CCCC)c2)[N+](=[N-])C(c2cccc(CCCCCC)c2)=C1CCCC.CCCCC[CH2][Ni][CH2]CCCCC. The Hall–Kier alpha value is -1.99. The fourth-order valence-corrected chi connectivity index (χ4v) is 8.24. The molecule has 0 amide bonds. The van der Waals surface area contributed by atoms with Gasteiger partial charge in [-0.15, -0.1) is 0 Å². The van der Waals surface area contributed by atoms with E-state index in [0.717, 1.165) is 61.0 Å². The van der Waals surface area contributed by atoms with E-state index < -0.39 is 0 Å². The number of nitrogens with zero attached hydrogens (tertiary/aromatic N) is 2. The summed E-state index contributed by atoms with van der Waals surface area (Å²) in [5.74, 6) is 0. The van der Waals surface area contributed by atoms with Gasteiger partial charge in [-0.1, -0.05) is 103 Å². The summed E-state index contributed by atoms with van der Waals surface area (Å²) in [7, 11) is 0. The maximum absolute atomic E-state index is 11.9. The van der Waals surface area contributed by atoms with Crippen molar-refractivity contribution in [2.24, 2.45) is 0 Å². The van der Waals surface area contributed by atoms with Crippen molar-refractivity contribution in [3.8, 4) is 0 Å². The summed E-state index contributed by atoms with van der Waals surface area (Å²) >= 11 is 1.99. The average Bonchev–Trinajstić information content (AvgIpc) is 3.43. The van der Waals surface area contributed by atoms with E-state index in [1.807, 2.05) is 14.4 Å². The Bertz CT molecular complexity index is 1260. The third kappa shape index (κ3) is 17.6. The van der Waals surface area contributed by atoms with Crippen LogP contribution in [0, 0.1) is 0 Å². The van der Waals surface area contributed by atoms with Crippen LogP contribution < -0.4 is 0 Å². The number of hydrogen-bond acceptors (Lipinski definition) is 0. The number of allylic oxidation sites excluding steroid dienone is 2. The molecule has 2 aromatic carbocycles. The van der Waals surface area contributed by atoms with Crippen LogP contribution in [0.3, 0.4) is 0 Å². The van der Waals surface area contributed by atoms with Crippen molar-refractivity contribution in [3.05, 3.63) is 87.5 Å². The van der Waals surface area contributed by atoms with Crippen molar-refractivity contribution in [2.75, 3.05) is 0 Å². The van der Waals surface area contributed by atoms with Crippen molar-refractivity contribution in [1.82, 2.24) is 0 Å². The van der Waals surface area contributed by atoms with Crippen LogP contribution in [-0.2, 0) is 27.3 Å². The molecule has 3 heteroatoms. The van der Waals surface area contributed by atoms with Gasteiger partial charge in [-0.2, -0.15) is 0 Å². The molecule has 0 unspecified atom stereocenters. The van der Waals surface area contributed by atoms with Crippen LogP contribution in [0.15, 0.2) is 59.7 Å². The molecule has 0 spiro atoms. The molecule has 2 nitrogen and oxygen atoms in total. The zero-order valence-electron chi connectivity index (χ0n) is 34.2. The summed E-state index contributed by atoms with van der Waals surface area (Å²) in [4.78, 5) is 0. The maximum atomic E-state index is 11.9. The van der Waals surface area contributed by atoms with E-state index in [2.05, 4.69) is 90.1 Å². The summed E-state index contributed by atoms with van der Waals surface area (Å²) < 4.78 is 1.56. The number of hydrogen-bond donors (Lipinski definition) is 0. The molecular weight excluding hydrogens is 663 g/mol. The second-order valence-electron chi connectivity index (χ2n) is 14.8. The molecule has 1 aliphatic rings. The van der Waals surface area contributed by atoms with Crippen LogP contribution in [-0.4, -0.2) is 4.70 Å². The van der Waals surface area contributed by atoms with Crippen molar-refractivity contribution in [2.45, 2.75) is 206 Å². The van der Waals surface area contributed by atoms with Crippen LogP contribution >= 0.6 is 0 Å². The normalized spacial score (nSPS) is 13.0. The van der Waals surface area contributed by atoms with Gasteiger partial charge >= 0.3 is 90.4 Å². The average molecular weight is 742 g/mol. The van der Waals surface area contributed by atoms with Crippen LogP contribution in [0.4, 0.5) is 0 Å². The molecule has 0 atom stereocenters. The molecule has 3 rings (SSSR count). The molecule has 0 bridgehead atoms. The monoisotopic (exact) mass is 741 g/mol. The number of aryl methyl sites for hydroxylation is 2. The first-order valence-electron chi connectivity index (χ1n) is 21.6. The summed E-state index contributed by atoms with van der Waals surface area (Å²) in [6, 6.07) is 17.9.